The van der Waals surface area contributed by atoms with E-state index < -0.39 is 17.6 Å². The molecular formula is C12H14F4. The first-order valence-electron chi connectivity index (χ1n) is 5.26. The molecule has 16 heavy (non-hydrogen) atoms. The monoisotopic (exact) mass is 234 g/mol. The maximum atomic E-state index is 13.0. The smallest absolute Gasteiger partial charge is 0.206 e. The molecule has 0 aliphatic rings. The molecule has 0 aliphatic carbocycles. The van der Waals surface area contributed by atoms with Crippen molar-refractivity contribution in [1.82, 2.24) is 0 Å². The highest BCUT2D eigenvalue weighted by molar-refractivity contribution is 5.29. The van der Waals surface area contributed by atoms with E-state index in [1.54, 1.807) is 0 Å². The molecule has 0 radical (unpaired) electrons. The molecule has 0 saturated heterocycles. The van der Waals surface area contributed by atoms with Crippen LogP contribution in [-0.4, -0.2) is 0 Å². The summed E-state index contributed by atoms with van der Waals surface area (Å²) in [6.07, 6.45) is -3.12. The Morgan fingerprint density at radius 1 is 1.12 bits per heavy atom. The molecule has 90 valence electrons. The van der Waals surface area contributed by atoms with E-state index in [9.17, 15) is 17.6 Å². The zero-order valence-corrected chi connectivity index (χ0v) is 9.24. The van der Waals surface area contributed by atoms with Crippen molar-refractivity contribution >= 4 is 0 Å². The van der Waals surface area contributed by atoms with Crippen LogP contribution in [-0.2, 0) is 6.18 Å². The minimum Gasteiger partial charge on any atom is -0.206 e. The molecule has 0 spiro atoms. The van der Waals surface area contributed by atoms with Crippen molar-refractivity contribution in [2.24, 2.45) is 0 Å². The molecule has 0 nitrogen and oxygen atoms in total. The van der Waals surface area contributed by atoms with Gasteiger partial charge in [0.25, 0.3) is 0 Å². The third-order valence-corrected chi connectivity index (χ3v) is 2.75. The molecule has 0 aromatic heterocycles. The summed E-state index contributed by atoms with van der Waals surface area (Å²) in [5.74, 6) is -1.15. The Balaban J connectivity index is 3.17. The van der Waals surface area contributed by atoms with Crippen LogP contribution in [0.2, 0.25) is 0 Å². The van der Waals surface area contributed by atoms with Gasteiger partial charge in [-0.3, -0.25) is 0 Å². The van der Waals surface area contributed by atoms with Gasteiger partial charge < -0.3 is 0 Å². The SMILES string of the molecule is CCC(CC)c1ccc(F)c(C(F)(F)F)c1. The summed E-state index contributed by atoms with van der Waals surface area (Å²) in [5, 5.41) is 0. The average molecular weight is 234 g/mol. The molecule has 0 amide bonds. The van der Waals surface area contributed by atoms with E-state index in [0.29, 0.717) is 5.56 Å². The Labute approximate surface area is 92.3 Å². The lowest BCUT2D eigenvalue weighted by molar-refractivity contribution is -0.140. The maximum absolute atomic E-state index is 13.0. The van der Waals surface area contributed by atoms with Crippen LogP contribution >= 0.6 is 0 Å². The standard InChI is InChI=1S/C12H14F4/c1-3-8(4-2)9-5-6-11(13)10(7-9)12(14,15)16/h5-8H,3-4H2,1-2H3. The lowest BCUT2D eigenvalue weighted by atomic mass is 9.92. The number of hydrogen-bond acceptors (Lipinski definition) is 0. The third kappa shape index (κ3) is 2.74. The van der Waals surface area contributed by atoms with Gasteiger partial charge in [0.05, 0.1) is 5.56 Å². The van der Waals surface area contributed by atoms with Gasteiger partial charge in [0, 0.05) is 0 Å². The molecule has 0 saturated carbocycles. The summed E-state index contributed by atoms with van der Waals surface area (Å²) in [6, 6.07) is 3.26. The summed E-state index contributed by atoms with van der Waals surface area (Å²) >= 11 is 0. The van der Waals surface area contributed by atoms with Crippen molar-refractivity contribution in [1.29, 1.82) is 0 Å². The predicted octanol–water partition coefficient (Wildman–Crippen LogP) is 4.75. The van der Waals surface area contributed by atoms with Gasteiger partial charge in [-0.15, -0.1) is 0 Å². The summed E-state index contributed by atoms with van der Waals surface area (Å²) in [5.41, 5.74) is -0.615. The van der Waals surface area contributed by atoms with Gasteiger partial charge in [0.15, 0.2) is 0 Å². The Morgan fingerprint density at radius 3 is 2.12 bits per heavy atom. The molecule has 0 atom stereocenters. The Morgan fingerprint density at radius 2 is 1.69 bits per heavy atom. The van der Waals surface area contributed by atoms with Crippen LogP contribution in [0.4, 0.5) is 17.6 Å². The third-order valence-electron chi connectivity index (χ3n) is 2.75. The first-order chi connectivity index (χ1) is 7.40. The van der Waals surface area contributed by atoms with Crippen molar-refractivity contribution in [2.75, 3.05) is 0 Å². The van der Waals surface area contributed by atoms with Crippen LogP contribution in [0.15, 0.2) is 18.2 Å². The first kappa shape index (κ1) is 13.0. The lowest BCUT2D eigenvalue weighted by Gasteiger charge is -2.15. The quantitative estimate of drug-likeness (QED) is 0.662. The van der Waals surface area contributed by atoms with Crippen molar-refractivity contribution in [3.63, 3.8) is 0 Å². The molecule has 0 fully saturated rings. The Bertz CT molecular complexity index is 351. The highest BCUT2D eigenvalue weighted by Crippen LogP contribution is 2.34. The van der Waals surface area contributed by atoms with Crippen LogP contribution in [0.5, 0.6) is 0 Å². The van der Waals surface area contributed by atoms with Crippen molar-refractivity contribution < 1.29 is 17.6 Å². The van der Waals surface area contributed by atoms with E-state index in [1.807, 2.05) is 13.8 Å². The minimum absolute atomic E-state index is 0.0571. The zero-order valence-electron chi connectivity index (χ0n) is 9.24. The molecule has 0 heterocycles. The van der Waals surface area contributed by atoms with E-state index in [-0.39, 0.29) is 5.92 Å². The predicted molar refractivity (Wildman–Crippen MR) is 54.7 cm³/mol. The van der Waals surface area contributed by atoms with Crippen LogP contribution in [0.25, 0.3) is 0 Å². The largest absolute Gasteiger partial charge is 0.419 e. The average Bonchev–Trinajstić information content (AvgIpc) is 2.20. The molecule has 0 unspecified atom stereocenters. The molecule has 1 aromatic carbocycles. The highest BCUT2D eigenvalue weighted by atomic mass is 19.4. The fourth-order valence-electron chi connectivity index (χ4n) is 1.77. The van der Waals surface area contributed by atoms with E-state index in [1.165, 1.54) is 6.07 Å². The summed E-state index contributed by atoms with van der Waals surface area (Å²) in [4.78, 5) is 0. The lowest BCUT2D eigenvalue weighted by Crippen LogP contribution is -2.09. The summed E-state index contributed by atoms with van der Waals surface area (Å²) < 4.78 is 50.4. The van der Waals surface area contributed by atoms with E-state index in [4.69, 9.17) is 0 Å². The molecule has 1 rings (SSSR count). The second-order valence-corrected chi connectivity index (χ2v) is 3.75. The summed E-state index contributed by atoms with van der Waals surface area (Å²) in [6.45, 7) is 3.82. The van der Waals surface area contributed by atoms with E-state index in [2.05, 4.69) is 0 Å². The van der Waals surface area contributed by atoms with Gasteiger partial charge in [-0.2, -0.15) is 13.2 Å². The number of rotatable bonds is 3. The van der Waals surface area contributed by atoms with Crippen LogP contribution < -0.4 is 0 Å². The summed E-state index contributed by atoms with van der Waals surface area (Å²) in [7, 11) is 0. The molecule has 4 heteroatoms. The zero-order chi connectivity index (χ0) is 12.3. The number of halogens is 4. The van der Waals surface area contributed by atoms with Gasteiger partial charge >= 0.3 is 6.18 Å². The maximum Gasteiger partial charge on any atom is 0.419 e. The molecule has 0 bridgehead atoms. The molecule has 0 aliphatic heterocycles. The number of benzene rings is 1. The molecule has 0 N–H and O–H groups in total. The van der Waals surface area contributed by atoms with Crippen molar-refractivity contribution in [3.05, 3.63) is 35.1 Å². The van der Waals surface area contributed by atoms with Crippen molar-refractivity contribution in [3.8, 4) is 0 Å². The fourth-order valence-corrected chi connectivity index (χ4v) is 1.77. The van der Waals surface area contributed by atoms with Gasteiger partial charge in [-0.1, -0.05) is 19.9 Å². The molecule has 1 aromatic rings. The van der Waals surface area contributed by atoms with Gasteiger partial charge in [0.2, 0.25) is 0 Å². The number of hydrogen-bond donors (Lipinski definition) is 0. The molecular weight excluding hydrogens is 220 g/mol. The van der Waals surface area contributed by atoms with E-state index >= 15 is 0 Å². The van der Waals surface area contributed by atoms with Gasteiger partial charge in [-0.25, -0.2) is 4.39 Å². The normalized spacial score (nSPS) is 12.2. The second kappa shape index (κ2) is 4.85. The number of alkyl halides is 3. The van der Waals surface area contributed by atoms with Gasteiger partial charge in [-0.05, 0) is 36.5 Å². The fraction of sp³-hybridized carbons (Fsp3) is 0.500. The second-order valence-electron chi connectivity index (χ2n) is 3.75. The van der Waals surface area contributed by atoms with Gasteiger partial charge in [0.1, 0.15) is 5.82 Å². The van der Waals surface area contributed by atoms with Crippen LogP contribution in [0, 0.1) is 5.82 Å². The first-order valence-corrected chi connectivity index (χ1v) is 5.26. The van der Waals surface area contributed by atoms with Crippen molar-refractivity contribution in [2.45, 2.75) is 38.8 Å². The van der Waals surface area contributed by atoms with Crippen LogP contribution in [0.1, 0.15) is 43.7 Å². The Kier molecular flexibility index (Phi) is 3.94. The Hall–Kier alpha value is -1.06. The van der Waals surface area contributed by atoms with E-state index in [0.717, 1.165) is 25.0 Å². The highest BCUT2D eigenvalue weighted by Gasteiger charge is 2.34. The van der Waals surface area contributed by atoms with Crippen LogP contribution in [0.3, 0.4) is 0 Å². The minimum atomic E-state index is -4.62. The topological polar surface area (TPSA) is 0 Å².